The monoisotopic (exact) mass is 323 g/mol. The molecule has 0 radical (unpaired) electrons. The zero-order valence-electron chi connectivity index (χ0n) is 10.9. The Balaban J connectivity index is 2.50. The van der Waals surface area contributed by atoms with E-state index in [-0.39, 0.29) is 18.1 Å². The second-order valence-electron chi connectivity index (χ2n) is 4.69. The highest BCUT2D eigenvalue weighted by Gasteiger charge is 2.47. The van der Waals surface area contributed by atoms with Gasteiger partial charge in [0.25, 0.3) is 5.69 Å². The predicted molar refractivity (Wildman–Crippen MR) is 71.3 cm³/mol. The minimum absolute atomic E-state index is 0.0417. The number of nitrogens with zero attached hydrogens (tertiary/aromatic N) is 2. The van der Waals surface area contributed by atoms with Gasteiger partial charge in [-0.25, -0.2) is 0 Å². The highest BCUT2D eigenvalue weighted by atomic mass is 35.5. The number of piperazine rings is 1. The zero-order chi connectivity index (χ0) is 15.6. The van der Waals surface area contributed by atoms with Gasteiger partial charge in [0.15, 0.2) is 0 Å². The topological polar surface area (TPSA) is 58.4 Å². The molecule has 0 bridgehead atoms. The number of nitro benzene ring substituents is 1. The molecule has 116 valence electrons. The lowest BCUT2D eigenvalue weighted by molar-refractivity contribution is -0.386. The Morgan fingerprint density at radius 3 is 2.48 bits per heavy atom. The van der Waals surface area contributed by atoms with Crippen molar-refractivity contribution >= 4 is 17.3 Å². The van der Waals surface area contributed by atoms with Crippen molar-refractivity contribution in [2.75, 3.05) is 26.2 Å². The summed E-state index contributed by atoms with van der Waals surface area (Å²) >= 11 is 5.73. The van der Waals surface area contributed by atoms with Gasteiger partial charge < -0.3 is 5.32 Å². The third kappa shape index (κ3) is 3.63. The number of rotatable bonds is 3. The Hall–Kier alpha value is -1.38. The summed E-state index contributed by atoms with van der Waals surface area (Å²) in [4.78, 5) is 11.4. The van der Waals surface area contributed by atoms with Crippen LogP contribution >= 0.6 is 11.6 Å². The molecule has 1 heterocycles. The van der Waals surface area contributed by atoms with Crippen LogP contribution in [-0.4, -0.2) is 42.2 Å². The molecule has 0 aliphatic carbocycles. The summed E-state index contributed by atoms with van der Waals surface area (Å²) in [6, 6.07) is 1.23. The van der Waals surface area contributed by atoms with E-state index in [2.05, 4.69) is 5.32 Å². The average molecular weight is 324 g/mol. The highest BCUT2D eigenvalue weighted by Crippen LogP contribution is 2.42. The fourth-order valence-electron chi connectivity index (χ4n) is 2.43. The summed E-state index contributed by atoms with van der Waals surface area (Å²) in [5.41, 5.74) is -0.984. The first kappa shape index (κ1) is 16.0. The van der Waals surface area contributed by atoms with Crippen LogP contribution in [0.1, 0.15) is 11.6 Å². The molecule has 1 atom stereocenters. The van der Waals surface area contributed by atoms with Gasteiger partial charge in [-0.1, -0.05) is 11.6 Å². The SMILES string of the molecule is O=[N+]([O-])c1ccc(Cl)cc1[C@H](N1CCNCC1)C(F)(F)F. The van der Waals surface area contributed by atoms with Gasteiger partial charge in [0.05, 0.1) is 10.5 Å². The first-order valence-electron chi connectivity index (χ1n) is 6.26. The lowest BCUT2D eigenvalue weighted by atomic mass is 10.0. The number of hydrogen-bond donors (Lipinski definition) is 1. The maximum absolute atomic E-state index is 13.4. The van der Waals surface area contributed by atoms with E-state index in [1.165, 1.54) is 11.0 Å². The van der Waals surface area contributed by atoms with Crippen LogP contribution in [0.3, 0.4) is 0 Å². The van der Waals surface area contributed by atoms with Gasteiger partial charge in [-0.15, -0.1) is 0 Å². The fourth-order valence-corrected chi connectivity index (χ4v) is 2.61. The second kappa shape index (κ2) is 6.17. The van der Waals surface area contributed by atoms with Gasteiger partial charge in [0.1, 0.15) is 6.04 Å². The molecule has 1 aromatic carbocycles. The van der Waals surface area contributed by atoms with Gasteiger partial charge >= 0.3 is 6.18 Å². The molecule has 21 heavy (non-hydrogen) atoms. The van der Waals surface area contributed by atoms with Crippen molar-refractivity contribution in [2.24, 2.45) is 0 Å². The maximum atomic E-state index is 13.4. The van der Waals surface area contributed by atoms with Crippen molar-refractivity contribution < 1.29 is 18.1 Å². The van der Waals surface area contributed by atoms with E-state index in [0.29, 0.717) is 13.1 Å². The zero-order valence-corrected chi connectivity index (χ0v) is 11.6. The van der Waals surface area contributed by atoms with Gasteiger partial charge in [-0.3, -0.25) is 15.0 Å². The molecule has 2 rings (SSSR count). The second-order valence-corrected chi connectivity index (χ2v) is 5.13. The fraction of sp³-hybridized carbons (Fsp3) is 0.500. The predicted octanol–water partition coefficient (Wildman–Crippen LogP) is 2.76. The van der Waals surface area contributed by atoms with Crippen LogP contribution in [0.15, 0.2) is 18.2 Å². The first-order valence-corrected chi connectivity index (χ1v) is 6.64. The normalized spacial score (nSPS) is 18.5. The maximum Gasteiger partial charge on any atom is 0.408 e. The molecule has 0 unspecified atom stereocenters. The Morgan fingerprint density at radius 2 is 1.95 bits per heavy atom. The van der Waals surface area contributed by atoms with Crippen LogP contribution in [0.5, 0.6) is 0 Å². The van der Waals surface area contributed by atoms with Gasteiger partial charge in [0, 0.05) is 37.3 Å². The molecule has 5 nitrogen and oxygen atoms in total. The Labute approximate surface area is 123 Å². The molecule has 1 aliphatic heterocycles. The van der Waals surface area contributed by atoms with Crippen LogP contribution in [0.4, 0.5) is 18.9 Å². The number of hydrogen-bond acceptors (Lipinski definition) is 4. The molecule has 1 fully saturated rings. The molecule has 1 N–H and O–H groups in total. The summed E-state index contributed by atoms with van der Waals surface area (Å²) in [6.45, 7) is 1.13. The van der Waals surface area contributed by atoms with Gasteiger partial charge in [0.2, 0.25) is 0 Å². The minimum atomic E-state index is -4.62. The molecule has 1 aliphatic rings. The van der Waals surface area contributed by atoms with Crippen molar-refractivity contribution in [3.8, 4) is 0 Å². The molecule has 0 saturated carbocycles. The number of nitro groups is 1. The Morgan fingerprint density at radius 1 is 1.33 bits per heavy atom. The van der Waals surface area contributed by atoms with Crippen LogP contribution in [-0.2, 0) is 0 Å². The van der Waals surface area contributed by atoms with Crippen molar-refractivity contribution in [1.82, 2.24) is 10.2 Å². The largest absolute Gasteiger partial charge is 0.408 e. The van der Waals surface area contributed by atoms with Crippen molar-refractivity contribution in [2.45, 2.75) is 12.2 Å². The molecule has 9 heteroatoms. The molecular formula is C12H13ClF3N3O2. The van der Waals surface area contributed by atoms with E-state index >= 15 is 0 Å². The summed E-state index contributed by atoms with van der Waals surface area (Å²) in [7, 11) is 0. The third-order valence-electron chi connectivity index (χ3n) is 3.31. The number of benzene rings is 1. The highest BCUT2D eigenvalue weighted by molar-refractivity contribution is 6.30. The smallest absolute Gasteiger partial charge is 0.314 e. The molecule has 0 spiro atoms. The Kier molecular flexibility index (Phi) is 4.70. The van der Waals surface area contributed by atoms with E-state index in [1.54, 1.807) is 0 Å². The molecule has 1 saturated heterocycles. The number of nitrogens with one attached hydrogen (secondary N) is 1. The number of halogens is 4. The van der Waals surface area contributed by atoms with Crippen molar-refractivity contribution in [1.29, 1.82) is 0 Å². The van der Waals surface area contributed by atoms with E-state index < -0.39 is 28.4 Å². The lowest BCUT2D eigenvalue weighted by Gasteiger charge is -2.35. The van der Waals surface area contributed by atoms with Crippen LogP contribution < -0.4 is 5.32 Å². The summed E-state index contributed by atoms with van der Waals surface area (Å²) < 4.78 is 40.3. The number of alkyl halides is 3. The van der Waals surface area contributed by atoms with Crippen LogP contribution in [0, 0.1) is 10.1 Å². The van der Waals surface area contributed by atoms with Crippen molar-refractivity contribution in [3.63, 3.8) is 0 Å². The quantitative estimate of drug-likeness (QED) is 0.686. The summed E-state index contributed by atoms with van der Waals surface area (Å²) in [5.74, 6) is 0. The van der Waals surface area contributed by atoms with Crippen molar-refractivity contribution in [3.05, 3.63) is 38.9 Å². The van der Waals surface area contributed by atoms with E-state index in [1.807, 2.05) is 0 Å². The third-order valence-corrected chi connectivity index (χ3v) is 3.54. The minimum Gasteiger partial charge on any atom is -0.314 e. The molecule has 1 aromatic rings. The summed E-state index contributed by atoms with van der Waals surface area (Å²) in [6.07, 6.45) is -4.62. The van der Waals surface area contributed by atoms with Gasteiger partial charge in [-0.2, -0.15) is 13.2 Å². The summed E-state index contributed by atoms with van der Waals surface area (Å²) in [5, 5.41) is 14.0. The first-order chi connectivity index (χ1) is 9.80. The average Bonchev–Trinajstić information content (AvgIpc) is 2.38. The molecule has 0 aromatic heterocycles. The van der Waals surface area contributed by atoms with Crippen LogP contribution in [0.25, 0.3) is 0 Å². The molecule has 0 amide bonds. The van der Waals surface area contributed by atoms with E-state index in [9.17, 15) is 23.3 Å². The standard InChI is InChI=1S/C12H13ClF3N3O2/c13-8-1-2-10(19(20)21)9(7-8)11(12(14,15)16)18-5-3-17-4-6-18/h1-2,7,11,17H,3-6H2/t11-/m0/s1. The van der Waals surface area contributed by atoms with Crippen LogP contribution in [0.2, 0.25) is 5.02 Å². The lowest BCUT2D eigenvalue weighted by Crippen LogP contribution is -2.49. The Bertz CT molecular complexity index is 533. The van der Waals surface area contributed by atoms with E-state index in [4.69, 9.17) is 11.6 Å². The van der Waals surface area contributed by atoms with Gasteiger partial charge in [-0.05, 0) is 12.1 Å². The molecular weight excluding hydrogens is 311 g/mol. The van der Waals surface area contributed by atoms with E-state index in [0.717, 1.165) is 12.1 Å².